The Kier molecular flexibility index (Phi) is 4.62. The van der Waals surface area contributed by atoms with E-state index in [2.05, 4.69) is 15.9 Å². The molecule has 0 amide bonds. The smallest absolute Gasteiger partial charge is 0.141 e. The molecule has 0 fully saturated rings. The van der Waals surface area contributed by atoms with Gasteiger partial charge in [-0.1, -0.05) is 12.2 Å². The van der Waals surface area contributed by atoms with Crippen molar-refractivity contribution in [3.05, 3.63) is 52.0 Å². The zero-order chi connectivity index (χ0) is 14.7. The summed E-state index contributed by atoms with van der Waals surface area (Å²) in [5, 5.41) is 0. The van der Waals surface area contributed by atoms with Crippen molar-refractivity contribution in [2.75, 3.05) is 7.11 Å². The van der Waals surface area contributed by atoms with E-state index in [1.165, 1.54) is 0 Å². The van der Waals surface area contributed by atoms with Crippen LogP contribution in [-0.4, -0.2) is 12.1 Å². The molecule has 2 N–H and O–H groups in total. The van der Waals surface area contributed by atoms with Gasteiger partial charge in [0.2, 0.25) is 0 Å². The second-order valence-electron chi connectivity index (χ2n) is 4.24. The van der Waals surface area contributed by atoms with E-state index in [9.17, 15) is 0 Å². The lowest BCUT2D eigenvalue weighted by Gasteiger charge is -2.11. The van der Waals surface area contributed by atoms with Gasteiger partial charge in [0.25, 0.3) is 0 Å². The molecular weight excluding hydrogens is 338 g/mol. The van der Waals surface area contributed by atoms with Crippen molar-refractivity contribution in [3.63, 3.8) is 0 Å². The van der Waals surface area contributed by atoms with Gasteiger partial charge in [-0.2, -0.15) is 0 Å². The van der Waals surface area contributed by atoms with E-state index in [4.69, 9.17) is 27.4 Å². The fourth-order valence-electron chi connectivity index (χ4n) is 1.79. The fraction of sp³-hybridized carbons (Fsp3) is 0.133. The van der Waals surface area contributed by atoms with Gasteiger partial charge in [0.05, 0.1) is 11.6 Å². The van der Waals surface area contributed by atoms with Crippen LogP contribution in [0.15, 0.2) is 40.9 Å². The minimum Gasteiger partial charge on any atom is -0.497 e. The normalized spacial score (nSPS) is 10.2. The third-order valence-corrected chi connectivity index (χ3v) is 3.67. The SMILES string of the molecule is COc1ccc(Oc2ccc(C(N)=S)c(C)c2)c(Br)c1. The predicted octanol–water partition coefficient (Wildman–Crippen LogP) is 4.19. The maximum absolute atomic E-state index is 5.84. The highest BCUT2D eigenvalue weighted by molar-refractivity contribution is 9.10. The molecule has 0 saturated carbocycles. The zero-order valence-corrected chi connectivity index (χ0v) is 13.5. The van der Waals surface area contributed by atoms with Crippen molar-refractivity contribution in [1.82, 2.24) is 0 Å². The summed E-state index contributed by atoms with van der Waals surface area (Å²) in [6.45, 7) is 1.95. The Morgan fingerprint density at radius 3 is 2.40 bits per heavy atom. The molecule has 2 aromatic rings. The number of halogens is 1. The van der Waals surface area contributed by atoms with Crippen LogP contribution in [0.25, 0.3) is 0 Å². The summed E-state index contributed by atoms with van der Waals surface area (Å²) in [6, 6.07) is 11.2. The van der Waals surface area contributed by atoms with E-state index >= 15 is 0 Å². The van der Waals surface area contributed by atoms with Crippen molar-refractivity contribution in [3.8, 4) is 17.2 Å². The number of rotatable bonds is 4. The summed E-state index contributed by atoms with van der Waals surface area (Å²) in [5.74, 6) is 2.21. The monoisotopic (exact) mass is 351 g/mol. The summed E-state index contributed by atoms with van der Waals surface area (Å²) in [4.78, 5) is 0.389. The second kappa shape index (κ2) is 6.24. The molecule has 0 spiro atoms. The third-order valence-electron chi connectivity index (χ3n) is 2.83. The Balaban J connectivity index is 2.26. The number of hydrogen-bond donors (Lipinski definition) is 1. The highest BCUT2D eigenvalue weighted by atomic mass is 79.9. The van der Waals surface area contributed by atoms with Crippen molar-refractivity contribution in [1.29, 1.82) is 0 Å². The number of aryl methyl sites for hydroxylation is 1. The maximum Gasteiger partial charge on any atom is 0.141 e. The van der Waals surface area contributed by atoms with Gasteiger partial charge in [-0.15, -0.1) is 0 Å². The molecule has 0 aromatic heterocycles. The standard InChI is InChI=1S/C15H14BrNO2S/c1-9-7-11(3-5-12(9)15(17)20)19-14-6-4-10(18-2)8-13(14)16/h3-8H,1-2H3,(H2,17,20). The molecule has 3 nitrogen and oxygen atoms in total. The molecule has 5 heteroatoms. The Morgan fingerprint density at radius 1 is 1.15 bits per heavy atom. The van der Waals surface area contributed by atoms with Crippen LogP contribution in [0.1, 0.15) is 11.1 Å². The van der Waals surface area contributed by atoms with E-state index in [-0.39, 0.29) is 0 Å². The average Bonchev–Trinajstić information content (AvgIpc) is 2.40. The number of benzene rings is 2. The Bertz CT molecular complexity index is 658. The first kappa shape index (κ1) is 14.8. The van der Waals surface area contributed by atoms with E-state index in [0.29, 0.717) is 10.7 Å². The number of ether oxygens (including phenoxy) is 2. The molecule has 0 saturated heterocycles. The quantitative estimate of drug-likeness (QED) is 0.838. The highest BCUT2D eigenvalue weighted by Gasteiger charge is 2.07. The van der Waals surface area contributed by atoms with Gasteiger partial charge in [-0.3, -0.25) is 0 Å². The van der Waals surface area contributed by atoms with Gasteiger partial charge in [0.1, 0.15) is 22.2 Å². The van der Waals surface area contributed by atoms with E-state index in [1.807, 2.05) is 43.3 Å². The van der Waals surface area contributed by atoms with Crippen molar-refractivity contribution < 1.29 is 9.47 Å². The topological polar surface area (TPSA) is 44.5 Å². The molecule has 0 radical (unpaired) electrons. The van der Waals surface area contributed by atoms with Gasteiger partial charge < -0.3 is 15.2 Å². The van der Waals surface area contributed by atoms with Crippen LogP contribution in [0.5, 0.6) is 17.2 Å². The Labute approximate surface area is 131 Å². The molecule has 0 heterocycles. The summed E-state index contributed by atoms with van der Waals surface area (Å²) < 4.78 is 11.8. The minimum atomic E-state index is 0.389. The largest absolute Gasteiger partial charge is 0.497 e. The van der Waals surface area contributed by atoms with Gasteiger partial charge in [0.15, 0.2) is 0 Å². The molecule has 20 heavy (non-hydrogen) atoms. The maximum atomic E-state index is 5.84. The molecule has 2 aromatic carbocycles. The lowest BCUT2D eigenvalue weighted by Crippen LogP contribution is -2.10. The summed E-state index contributed by atoms with van der Waals surface area (Å²) in [5.41, 5.74) is 7.49. The van der Waals surface area contributed by atoms with Crippen molar-refractivity contribution in [2.45, 2.75) is 6.92 Å². The third kappa shape index (κ3) is 3.29. The van der Waals surface area contributed by atoms with E-state index in [1.54, 1.807) is 7.11 Å². The molecule has 0 aliphatic rings. The van der Waals surface area contributed by atoms with Crippen LogP contribution >= 0.6 is 28.1 Å². The van der Waals surface area contributed by atoms with Crippen LogP contribution in [0.3, 0.4) is 0 Å². The Morgan fingerprint density at radius 2 is 1.85 bits per heavy atom. The van der Waals surface area contributed by atoms with Crippen LogP contribution in [0, 0.1) is 6.92 Å². The predicted molar refractivity (Wildman–Crippen MR) is 87.8 cm³/mol. The lowest BCUT2D eigenvalue weighted by atomic mass is 10.1. The van der Waals surface area contributed by atoms with Crippen molar-refractivity contribution in [2.24, 2.45) is 5.73 Å². The first-order valence-electron chi connectivity index (χ1n) is 5.93. The second-order valence-corrected chi connectivity index (χ2v) is 5.53. The highest BCUT2D eigenvalue weighted by Crippen LogP contribution is 2.33. The summed E-state index contributed by atoms with van der Waals surface area (Å²) in [6.07, 6.45) is 0. The summed E-state index contributed by atoms with van der Waals surface area (Å²) in [7, 11) is 1.63. The molecule has 0 unspecified atom stereocenters. The number of nitrogens with two attached hydrogens (primary N) is 1. The first-order chi connectivity index (χ1) is 9.51. The van der Waals surface area contributed by atoms with Crippen molar-refractivity contribution >= 4 is 33.1 Å². The minimum absolute atomic E-state index is 0.389. The fourth-order valence-corrected chi connectivity index (χ4v) is 2.46. The van der Waals surface area contributed by atoms with Gasteiger partial charge in [-0.25, -0.2) is 0 Å². The number of thiocarbonyl (C=S) groups is 1. The molecule has 0 aliphatic heterocycles. The lowest BCUT2D eigenvalue weighted by molar-refractivity contribution is 0.412. The number of hydrogen-bond acceptors (Lipinski definition) is 3. The molecule has 2 rings (SSSR count). The van der Waals surface area contributed by atoms with E-state index < -0.39 is 0 Å². The molecular formula is C15H14BrNO2S. The van der Waals surface area contributed by atoms with Crippen LogP contribution in [-0.2, 0) is 0 Å². The van der Waals surface area contributed by atoms with Gasteiger partial charge in [-0.05, 0) is 64.8 Å². The molecule has 0 atom stereocenters. The number of methoxy groups -OCH3 is 1. The zero-order valence-electron chi connectivity index (χ0n) is 11.1. The summed E-state index contributed by atoms with van der Waals surface area (Å²) >= 11 is 8.44. The van der Waals surface area contributed by atoms with Crippen LogP contribution in [0.2, 0.25) is 0 Å². The molecule has 0 bridgehead atoms. The van der Waals surface area contributed by atoms with Crippen LogP contribution in [0.4, 0.5) is 0 Å². The molecule has 104 valence electrons. The van der Waals surface area contributed by atoms with Gasteiger partial charge in [0, 0.05) is 5.56 Å². The average molecular weight is 352 g/mol. The first-order valence-corrected chi connectivity index (χ1v) is 7.13. The van der Waals surface area contributed by atoms with Gasteiger partial charge >= 0.3 is 0 Å². The van der Waals surface area contributed by atoms with E-state index in [0.717, 1.165) is 27.1 Å². The molecule has 0 aliphatic carbocycles. The Hall–Kier alpha value is -1.59. The van der Waals surface area contributed by atoms with Crippen LogP contribution < -0.4 is 15.2 Å².